The molecule has 0 amide bonds. The van der Waals surface area contributed by atoms with Crippen molar-refractivity contribution in [1.82, 2.24) is 9.62 Å². The van der Waals surface area contributed by atoms with Gasteiger partial charge in [-0.3, -0.25) is 4.90 Å². The standard InChI is InChI=1S/C17H21BrN2O3S2/c1-23-16-5-4-14(18)11-13(16)12-20-8-6-15(7-9-20)19-25(21,22)17-3-2-10-24-17/h2-5,10-11,15,19H,6-9,12H2,1H3. The molecule has 1 N–H and O–H groups in total. The molecule has 1 aromatic carbocycles. The maximum Gasteiger partial charge on any atom is 0.250 e. The Morgan fingerprint density at radius 1 is 1.32 bits per heavy atom. The fourth-order valence-corrected chi connectivity index (χ4v) is 5.74. The summed E-state index contributed by atoms with van der Waals surface area (Å²) < 4.78 is 34.3. The van der Waals surface area contributed by atoms with Crippen LogP contribution in [0.25, 0.3) is 0 Å². The molecule has 3 rings (SSSR count). The van der Waals surface area contributed by atoms with Crippen molar-refractivity contribution in [1.29, 1.82) is 0 Å². The van der Waals surface area contributed by atoms with Crippen LogP contribution in [0.1, 0.15) is 18.4 Å². The number of nitrogens with zero attached hydrogens (tertiary/aromatic N) is 1. The predicted molar refractivity (Wildman–Crippen MR) is 104 cm³/mol. The summed E-state index contributed by atoms with van der Waals surface area (Å²) in [5, 5.41) is 1.78. The molecule has 0 atom stereocenters. The highest BCUT2D eigenvalue weighted by atomic mass is 79.9. The van der Waals surface area contributed by atoms with Crippen molar-refractivity contribution in [2.24, 2.45) is 0 Å². The fourth-order valence-electron chi connectivity index (χ4n) is 3.01. The van der Waals surface area contributed by atoms with Crippen LogP contribution in [0, 0.1) is 0 Å². The SMILES string of the molecule is COc1ccc(Br)cc1CN1CCC(NS(=O)(=O)c2cccs2)CC1. The lowest BCUT2D eigenvalue weighted by molar-refractivity contribution is 0.198. The lowest BCUT2D eigenvalue weighted by Crippen LogP contribution is -2.44. The maximum atomic E-state index is 12.3. The average Bonchev–Trinajstić information content (AvgIpc) is 3.12. The van der Waals surface area contributed by atoms with Gasteiger partial charge in [-0.25, -0.2) is 13.1 Å². The highest BCUT2D eigenvalue weighted by Crippen LogP contribution is 2.26. The molecule has 0 spiro atoms. The van der Waals surface area contributed by atoms with E-state index in [2.05, 4.69) is 31.6 Å². The summed E-state index contributed by atoms with van der Waals surface area (Å²) in [6.45, 7) is 2.51. The van der Waals surface area contributed by atoms with E-state index in [1.165, 1.54) is 11.3 Å². The molecule has 0 unspecified atom stereocenters. The number of sulfonamides is 1. The van der Waals surface area contributed by atoms with E-state index in [0.717, 1.165) is 48.3 Å². The van der Waals surface area contributed by atoms with Crippen LogP contribution in [-0.4, -0.2) is 39.6 Å². The number of methoxy groups -OCH3 is 1. The van der Waals surface area contributed by atoms with Gasteiger partial charge in [0.25, 0.3) is 0 Å². The molecule has 2 heterocycles. The van der Waals surface area contributed by atoms with E-state index in [0.29, 0.717) is 4.21 Å². The Kier molecular flexibility index (Phi) is 6.17. The van der Waals surface area contributed by atoms with E-state index in [9.17, 15) is 8.42 Å². The molecule has 0 saturated carbocycles. The first-order chi connectivity index (χ1) is 12.0. The number of ether oxygens (including phenoxy) is 1. The lowest BCUT2D eigenvalue weighted by atomic mass is 10.1. The summed E-state index contributed by atoms with van der Waals surface area (Å²) >= 11 is 4.75. The van der Waals surface area contributed by atoms with Crippen molar-refractivity contribution < 1.29 is 13.2 Å². The Labute approximate surface area is 161 Å². The molecule has 1 aromatic heterocycles. The molecule has 0 radical (unpaired) electrons. The Morgan fingerprint density at radius 3 is 2.72 bits per heavy atom. The van der Waals surface area contributed by atoms with Crippen LogP contribution in [0.5, 0.6) is 5.75 Å². The zero-order valence-electron chi connectivity index (χ0n) is 13.9. The second-order valence-corrected chi connectivity index (χ2v) is 9.86. The van der Waals surface area contributed by atoms with Gasteiger partial charge >= 0.3 is 0 Å². The third kappa shape index (κ3) is 4.83. The Balaban J connectivity index is 1.57. The summed E-state index contributed by atoms with van der Waals surface area (Å²) in [4.78, 5) is 2.33. The number of benzene rings is 1. The van der Waals surface area contributed by atoms with Gasteiger partial charge in [-0.2, -0.15) is 0 Å². The van der Waals surface area contributed by atoms with Crippen molar-refractivity contribution in [3.05, 3.63) is 45.7 Å². The highest BCUT2D eigenvalue weighted by molar-refractivity contribution is 9.10. The third-order valence-corrected chi connectivity index (χ3v) is 7.72. The van der Waals surface area contributed by atoms with Gasteiger partial charge in [-0.15, -0.1) is 11.3 Å². The minimum atomic E-state index is -3.39. The average molecular weight is 445 g/mol. The van der Waals surface area contributed by atoms with Crippen LogP contribution >= 0.6 is 27.3 Å². The molecule has 2 aromatic rings. The number of thiophene rings is 1. The first-order valence-corrected chi connectivity index (χ1v) is 11.2. The Bertz CT molecular complexity index is 801. The summed E-state index contributed by atoms with van der Waals surface area (Å²) in [5.41, 5.74) is 1.13. The Hall–Kier alpha value is -0.930. The normalized spacial score (nSPS) is 16.9. The summed E-state index contributed by atoms with van der Waals surface area (Å²) in [5.74, 6) is 0.878. The van der Waals surface area contributed by atoms with Gasteiger partial charge in [-0.1, -0.05) is 22.0 Å². The zero-order chi connectivity index (χ0) is 17.9. The molecule has 1 saturated heterocycles. The van der Waals surface area contributed by atoms with Gasteiger partial charge in [0.2, 0.25) is 10.0 Å². The monoisotopic (exact) mass is 444 g/mol. The number of nitrogens with one attached hydrogen (secondary N) is 1. The minimum absolute atomic E-state index is 0.00671. The first-order valence-electron chi connectivity index (χ1n) is 8.08. The summed E-state index contributed by atoms with van der Waals surface area (Å²) in [6.07, 6.45) is 1.61. The predicted octanol–water partition coefficient (Wildman–Crippen LogP) is 3.46. The van der Waals surface area contributed by atoms with Crippen LogP contribution in [0.2, 0.25) is 0 Å². The summed E-state index contributed by atoms with van der Waals surface area (Å²) in [6, 6.07) is 9.39. The van der Waals surface area contributed by atoms with Crippen molar-refractivity contribution in [2.45, 2.75) is 29.6 Å². The van der Waals surface area contributed by atoms with E-state index >= 15 is 0 Å². The molecule has 5 nitrogen and oxygen atoms in total. The number of likely N-dealkylation sites (tertiary alicyclic amines) is 1. The van der Waals surface area contributed by atoms with Gasteiger partial charge in [0, 0.05) is 35.7 Å². The maximum absolute atomic E-state index is 12.3. The molecule has 1 aliphatic rings. The molecule has 1 aliphatic heterocycles. The van der Waals surface area contributed by atoms with Crippen LogP contribution < -0.4 is 9.46 Å². The highest BCUT2D eigenvalue weighted by Gasteiger charge is 2.25. The quantitative estimate of drug-likeness (QED) is 0.740. The van der Waals surface area contributed by atoms with E-state index in [1.54, 1.807) is 24.6 Å². The van der Waals surface area contributed by atoms with Crippen LogP contribution in [0.3, 0.4) is 0 Å². The lowest BCUT2D eigenvalue weighted by Gasteiger charge is -2.32. The number of piperidine rings is 1. The number of hydrogen-bond donors (Lipinski definition) is 1. The van der Waals surface area contributed by atoms with E-state index in [-0.39, 0.29) is 6.04 Å². The van der Waals surface area contributed by atoms with Gasteiger partial charge < -0.3 is 4.74 Å². The zero-order valence-corrected chi connectivity index (χ0v) is 17.2. The second kappa shape index (κ2) is 8.18. The molecule has 0 aliphatic carbocycles. The molecule has 8 heteroatoms. The molecular weight excluding hydrogens is 424 g/mol. The number of hydrogen-bond acceptors (Lipinski definition) is 5. The van der Waals surface area contributed by atoms with Gasteiger partial charge in [0.05, 0.1) is 7.11 Å². The fraction of sp³-hybridized carbons (Fsp3) is 0.412. The molecule has 0 bridgehead atoms. The van der Waals surface area contributed by atoms with E-state index in [1.807, 2.05) is 12.1 Å². The van der Waals surface area contributed by atoms with Crippen molar-refractivity contribution in [2.75, 3.05) is 20.2 Å². The van der Waals surface area contributed by atoms with Crippen molar-refractivity contribution in [3.63, 3.8) is 0 Å². The number of halogens is 1. The smallest absolute Gasteiger partial charge is 0.250 e. The van der Waals surface area contributed by atoms with E-state index < -0.39 is 10.0 Å². The molecular formula is C17H21BrN2O3S2. The Morgan fingerprint density at radius 2 is 2.08 bits per heavy atom. The summed E-state index contributed by atoms with van der Waals surface area (Å²) in [7, 11) is -1.71. The first kappa shape index (κ1) is 18.8. The molecule has 25 heavy (non-hydrogen) atoms. The largest absolute Gasteiger partial charge is 0.496 e. The minimum Gasteiger partial charge on any atom is -0.496 e. The van der Waals surface area contributed by atoms with E-state index in [4.69, 9.17) is 4.74 Å². The van der Waals surface area contributed by atoms with Crippen molar-refractivity contribution >= 4 is 37.3 Å². The molecule has 1 fully saturated rings. The van der Waals surface area contributed by atoms with Gasteiger partial charge in [-0.05, 0) is 42.5 Å². The molecule has 136 valence electrons. The second-order valence-electron chi connectivity index (χ2n) is 6.06. The van der Waals surface area contributed by atoms with Gasteiger partial charge in [0.1, 0.15) is 9.96 Å². The third-order valence-electron chi connectivity index (χ3n) is 4.31. The van der Waals surface area contributed by atoms with Crippen LogP contribution in [0.15, 0.2) is 44.4 Å². The number of rotatable bonds is 6. The van der Waals surface area contributed by atoms with Crippen LogP contribution in [0.4, 0.5) is 0 Å². The van der Waals surface area contributed by atoms with Crippen molar-refractivity contribution in [3.8, 4) is 5.75 Å². The van der Waals surface area contributed by atoms with Crippen LogP contribution in [-0.2, 0) is 16.6 Å². The topological polar surface area (TPSA) is 58.6 Å². The van der Waals surface area contributed by atoms with Gasteiger partial charge in [0.15, 0.2) is 0 Å².